The largest absolute Gasteiger partial charge is 0.338 e. The Labute approximate surface area is 123 Å². The molecule has 0 aliphatic carbocycles. The van der Waals surface area contributed by atoms with Gasteiger partial charge in [-0.3, -0.25) is 9.78 Å². The Hall–Kier alpha value is -2.23. The van der Waals surface area contributed by atoms with Gasteiger partial charge in [-0.15, -0.1) is 0 Å². The molecule has 1 aliphatic heterocycles. The van der Waals surface area contributed by atoms with Crippen molar-refractivity contribution in [3.8, 4) is 11.3 Å². The van der Waals surface area contributed by atoms with Gasteiger partial charge < -0.3 is 4.90 Å². The fraction of sp³-hybridized carbons (Fsp3) is 0.294. The number of likely N-dealkylation sites (tertiary alicyclic amines) is 1. The Balaban J connectivity index is 1.75. The van der Waals surface area contributed by atoms with E-state index in [9.17, 15) is 9.18 Å². The average molecular weight is 284 g/mol. The van der Waals surface area contributed by atoms with Crippen molar-refractivity contribution in [2.24, 2.45) is 0 Å². The van der Waals surface area contributed by atoms with Crippen LogP contribution in [0, 0.1) is 5.82 Å². The van der Waals surface area contributed by atoms with Gasteiger partial charge in [0.1, 0.15) is 5.82 Å². The molecule has 0 saturated carbocycles. The van der Waals surface area contributed by atoms with E-state index in [0.717, 1.165) is 24.9 Å². The summed E-state index contributed by atoms with van der Waals surface area (Å²) in [6.07, 6.45) is 4.41. The minimum atomic E-state index is -0.274. The molecule has 2 aromatic rings. The van der Waals surface area contributed by atoms with Gasteiger partial charge in [0.2, 0.25) is 5.91 Å². The quantitative estimate of drug-likeness (QED) is 0.865. The first kappa shape index (κ1) is 13.7. The monoisotopic (exact) mass is 284 g/mol. The first-order valence-electron chi connectivity index (χ1n) is 7.21. The van der Waals surface area contributed by atoms with E-state index in [-0.39, 0.29) is 11.7 Å². The molecule has 4 heteroatoms. The Bertz CT molecular complexity index is 639. The molecule has 21 heavy (non-hydrogen) atoms. The van der Waals surface area contributed by atoms with E-state index in [1.165, 1.54) is 6.07 Å². The number of rotatable bonds is 3. The predicted molar refractivity (Wildman–Crippen MR) is 78.9 cm³/mol. The summed E-state index contributed by atoms with van der Waals surface area (Å²) in [6.45, 7) is 1.40. The van der Waals surface area contributed by atoms with E-state index in [1.807, 2.05) is 17.0 Å². The van der Waals surface area contributed by atoms with Gasteiger partial charge in [-0.1, -0.05) is 18.2 Å². The summed E-state index contributed by atoms with van der Waals surface area (Å²) in [6, 6.07) is 10.3. The van der Waals surface area contributed by atoms with E-state index in [4.69, 9.17) is 0 Å². The molecule has 108 valence electrons. The highest BCUT2D eigenvalue weighted by molar-refractivity contribution is 5.76. The van der Waals surface area contributed by atoms with Gasteiger partial charge in [0.15, 0.2) is 0 Å². The number of aromatic nitrogens is 1. The number of nitrogens with zero attached hydrogens (tertiary/aromatic N) is 2. The Kier molecular flexibility index (Phi) is 3.95. The molecule has 0 bridgehead atoms. The summed E-state index contributed by atoms with van der Waals surface area (Å²) < 4.78 is 13.7. The number of pyridine rings is 1. The van der Waals surface area contributed by atoms with Crippen molar-refractivity contribution in [3.05, 3.63) is 54.0 Å². The van der Waals surface area contributed by atoms with Crippen LogP contribution >= 0.6 is 0 Å². The predicted octanol–water partition coefficient (Wildman–Crippen LogP) is 3.40. The van der Waals surface area contributed by atoms with Gasteiger partial charge in [0, 0.05) is 31.3 Å². The third-order valence-corrected chi connectivity index (χ3v) is 3.77. The lowest BCUT2D eigenvalue weighted by Crippen LogP contribution is -2.34. The minimum Gasteiger partial charge on any atom is -0.338 e. The number of carbonyl (C=O) groups is 1. The molecule has 0 atom stereocenters. The van der Waals surface area contributed by atoms with E-state index in [1.54, 1.807) is 24.4 Å². The average Bonchev–Trinajstić information content (AvgIpc) is 2.51. The maximum Gasteiger partial charge on any atom is 0.222 e. The zero-order valence-corrected chi connectivity index (χ0v) is 11.8. The molecule has 1 saturated heterocycles. The number of benzene rings is 1. The fourth-order valence-electron chi connectivity index (χ4n) is 2.60. The van der Waals surface area contributed by atoms with Crippen LogP contribution in [0.2, 0.25) is 0 Å². The molecule has 1 fully saturated rings. The number of hydrogen-bond acceptors (Lipinski definition) is 2. The molecular weight excluding hydrogens is 267 g/mol. The Morgan fingerprint density at radius 3 is 2.71 bits per heavy atom. The van der Waals surface area contributed by atoms with E-state index >= 15 is 0 Å². The SMILES string of the molecule is O=C1CCCCN1Cc1ccc(-c2ccccc2F)nc1. The topological polar surface area (TPSA) is 33.2 Å². The van der Waals surface area contributed by atoms with Crippen LogP contribution in [0.5, 0.6) is 0 Å². The number of amides is 1. The van der Waals surface area contributed by atoms with Crippen LogP contribution in [0.4, 0.5) is 4.39 Å². The van der Waals surface area contributed by atoms with Crippen LogP contribution in [0.1, 0.15) is 24.8 Å². The highest BCUT2D eigenvalue weighted by Gasteiger charge is 2.18. The molecule has 0 radical (unpaired) electrons. The number of carbonyl (C=O) groups excluding carboxylic acids is 1. The molecule has 0 unspecified atom stereocenters. The van der Waals surface area contributed by atoms with Gasteiger partial charge in [0.25, 0.3) is 0 Å². The molecule has 3 nitrogen and oxygen atoms in total. The highest BCUT2D eigenvalue weighted by Crippen LogP contribution is 2.21. The van der Waals surface area contributed by atoms with Crippen LogP contribution in [-0.4, -0.2) is 22.3 Å². The third kappa shape index (κ3) is 3.10. The molecule has 1 aromatic heterocycles. The van der Waals surface area contributed by atoms with Crippen molar-refractivity contribution in [2.45, 2.75) is 25.8 Å². The lowest BCUT2D eigenvalue weighted by atomic mass is 10.1. The molecule has 0 spiro atoms. The number of piperidine rings is 1. The second-order valence-electron chi connectivity index (χ2n) is 5.30. The van der Waals surface area contributed by atoms with Crippen LogP contribution in [0.25, 0.3) is 11.3 Å². The van der Waals surface area contributed by atoms with E-state index in [2.05, 4.69) is 4.98 Å². The zero-order chi connectivity index (χ0) is 14.7. The third-order valence-electron chi connectivity index (χ3n) is 3.77. The van der Waals surface area contributed by atoms with Gasteiger partial charge in [0.05, 0.1) is 5.69 Å². The van der Waals surface area contributed by atoms with Crippen LogP contribution in [0.15, 0.2) is 42.6 Å². The summed E-state index contributed by atoms with van der Waals surface area (Å²) in [5, 5.41) is 0. The smallest absolute Gasteiger partial charge is 0.222 e. The van der Waals surface area contributed by atoms with Gasteiger partial charge >= 0.3 is 0 Å². The summed E-state index contributed by atoms with van der Waals surface area (Å²) in [4.78, 5) is 18.0. The van der Waals surface area contributed by atoms with Crippen molar-refractivity contribution in [2.75, 3.05) is 6.54 Å². The molecule has 2 heterocycles. The number of hydrogen-bond donors (Lipinski definition) is 0. The summed E-state index contributed by atoms with van der Waals surface area (Å²) in [7, 11) is 0. The molecule has 1 aliphatic rings. The van der Waals surface area contributed by atoms with Crippen molar-refractivity contribution in [3.63, 3.8) is 0 Å². The molecular formula is C17H17FN2O. The molecule has 3 rings (SSSR count). The maximum atomic E-state index is 13.7. The van der Waals surface area contributed by atoms with Crippen LogP contribution in [0.3, 0.4) is 0 Å². The summed E-state index contributed by atoms with van der Waals surface area (Å²) >= 11 is 0. The van der Waals surface area contributed by atoms with Crippen molar-refractivity contribution in [1.29, 1.82) is 0 Å². The van der Waals surface area contributed by atoms with Gasteiger partial charge in [-0.05, 0) is 36.6 Å². The molecule has 1 amide bonds. The zero-order valence-electron chi connectivity index (χ0n) is 11.8. The van der Waals surface area contributed by atoms with Crippen LogP contribution < -0.4 is 0 Å². The van der Waals surface area contributed by atoms with Crippen molar-refractivity contribution in [1.82, 2.24) is 9.88 Å². The van der Waals surface area contributed by atoms with Crippen molar-refractivity contribution >= 4 is 5.91 Å². The van der Waals surface area contributed by atoms with E-state index < -0.39 is 0 Å². The lowest BCUT2D eigenvalue weighted by Gasteiger charge is -2.26. The fourth-order valence-corrected chi connectivity index (χ4v) is 2.60. The molecule has 0 N–H and O–H groups in total. The maximum absolute atomic E-state index is 13.7. The van der Waals surface area contributed by atoms with E-state index in [0.29, 0.717) is 24.2 Å². The van der Waals surface area contributed by atoms with Gasteiger partial charge in [-0.25, -0.2) is 4.39 Å². The van der Waals surface area contributed by atoms with Crippen molar-refractivity contribution < 1.29 is 9.18 Å². The lowest BCUT2D eigenvalue weighted by molar-refractivity contribution is -0.133. The Morgan fingerprint density at radius 1 is 1.14 bits per heavy atom. The summed E-state index contributed by atoms with van der Waals surface area (Å²) in [5.41, 5.74) is 2.09. The Morgan fingerprint density at radius 2 is 2.00 bits per heavy atom. The first-order chi connectivity index (χ1) is 10.2. The highest BCUT2D eigenvalue weighted by atomic mass is 19.1. The normalized spacial score (nSPS) is 15.3. The summed E-state index contributed by atoms with van der Waals surface area (Å²) in [5.74, 6) is -0.0663. The second kappa shape index (κ2) is 6.04. The molecule has 1 aromatic carbocycles. The minimum absolute atomic E-state index is 0.208. The standard InChI is InChI=1S/C17H17FN2O/c18-15-6-2-1-5-14(15)16-9-8-13(11-19-16)12-20-10-4-3-7-17(20)21/h1-2,5-6,8-9,11H,3-4,7,10,12H2. The van der Waals surface area contributed by atoms with Crippen LogP contribution in [-0.2, 0) is 11.3 Å². The van der Waals surface area contributed by atoms with Gasteiger partial charge in [-0.2, -0.15) is 0 Å². The number of halogens is 1. The first-order valence-corrected chi connectivity index (χ1v) is 7.21. The second-order valence-corrected chi connectivity index (χ2v) is 5.30.